The van der Waals surface area contributed by atoms with Crippen LogP contribution in [0.3, 0.4) is 0 Å². The topological polar surface area (TPSA) is 46.9 Å². The maximum Gasteiger partial charge on any atom is 0.265 e. The van der Waals surface area contributed by atoms with Crippen molar-refractivity contribution in [2.75, 3.05) is 5.32 Å². The van der Waals surface area contributed by atoms with E-state index in [1.165, 1.54) is 23.5 Å². The predicted molar refractivity (Wildman–Crippen MR) is 116 cm³/mol. The summed E-state index contributed by atoms with van der Waals surface area (Å²) in [6, 6.07) is 14.4. The minimum Gasteiger partial charge on any atom is -0.321 e. The minimum absolute atomic E-state index is 0.108. The van der Waals surface area contributed by atoms with Crippen molar-refractivity contribution in [3.8, 4) is 0 Å². The monoisotopic (exact) mass is 407 g/mol. The Bertz CT molecular complexity index is 1190. The maximum absolute atomic E-state index is 13.2. The van der Waals surface area contributed by atoms with E-state index < -0.39 is 0 Å². The van der Waals surface area contributed by atoms with E-state index in [9.17, 15) is 9.18 Å². The number of aromatic nitrogens is 2. The van der Waals surface area contributed by atoms with Gasteiger partial charge in [-0.1, -0.05) is 37.3 Å². The molecule has 0 radical (unpaired) electrons. The molecule has 0 bridgehead atoms. The fourth-order valence-electron chi connectivity index (χ4n) is 3.47. The largest absolute Gasteiger partial charge is 0.321 e. The summed E-state index contributed by atoms with van der Waals surface area (Å²) in [6.45, 7) is 6.56. The highest BCUT2D eigenvalue weighted by molar-refractivity contribution is 7.20. The second kappa shape index (κ2) is 7.79. The van der Waals surface area contributed by atoms with Crippen LogP contribution >= 0.6 is 11.3 Å². The van der Waals surface area contributed by atoms with E-state index in [1.807, 2.05) is 42.8 Å². The van der Waals surface area contributed by atoms with Gasteiger partial charge in [-0.05, 0) is 55.2 Å². The zero-order chi connectivity index (χ0) is 20.5. The molecule has 2 aromatic heterocycles. The molecule has 0 aliphatic carbocycles. The highest BCUT2D eigenvalue weighted by Crippen LogP contribution is 2.30. The SMILES string of the molecule is CCc1cccc(C)c1NC(=O)c1cc2c(C)nn(Cc3ccc(F)cc3)c2s1. The van der Waals surface area contributed by atoms with Gasteiger partial charge in [0.15, 0.2) is 0 Å². The van der Waals surface area contributed by atoms with Crippen LogP contribution < -0.4 is 5.32 Å². The molecule has 2 aromatic carbocycles. The molecular weight excluding hydrogens is 385 g/mol. The van der Waals surface area contributed by atoms with Crippen molar-refractivity contribution in [1.82, 2.24) is 9.78 Å². The van der Waals surface area contributed by atoms with Gasteiger partial charge in [-0.3, -0.25) is 9.48 Å². The molecule has 2 heterocycles. The van der Waals surface area contributed by atoms with Crippen LogP contribution in [0.15, 0.2) is 48.5 Å². The van der Waals surface area contributed by atoms with E-state index in [-0.39, 0.29) is 11.7 Å². The summed E-state index contributed by atoms with van der Waals surface area (Å²) < 4.78 is 15.1. The molecule has 4 rings (SSSR count). The number of hydrogen-bond acceptors (Lipinski definition) is 3. The number of rotatable bonds is 5. The molecule has 29 heavy (non-hydrogen) atoms. The van der Waals surface area contributed by atoms with Crippen LogP contribution in [-0.2, 0) is 13.0 Å². The van der Waals surface area contributed by atoms with Crippen molar-refractivity contribution in [2.24, 2.45) is 0 Å². The second-order valence-corrected chi connectivity index (χ2v) is 8.15. The lowest BCUT2D eigenvalue weighted by atomic mass is 10.1. The average Bonchev–Trinajstić information content (AvgIpc) is 3.27. The van der Waals surface area contributed by atoms with Crippen LogP contribution in [-0.4, -0.2) is 15.7 Å². The number of hydrogen-bond donors (Lipinski definition) is 1. The Hall–Kier alpha value is -2.99. The molecule has 0 atom stereocenters. The summed E-state index contributed by atoms with van der Waals surface area (Å²) in [4.78, 5) is 14.5. The van der Waals surface area contributed by atoms with Crippen molar-refractivity contribution in [1.29, 1.82) is 0 Å². The summed E-state index contributed by atoms with van der Waals surface area (Å²) in [5.74, 6) is -0.365. The van der Waals surface area contributed by atoms with Gasteiger partial charge in [0.2, 0.25) is 0 Å². The number of nitrogens with zero attached hydrogens (tertiary/aromatic N) is 2. The molecule has 0 unspecified atom stereocenters. The van der Waals surface area contributed by atoms with Gasteiger partial charge in [0.05, 0.1) is 17.1 Å². The first-order chi connectivity index (χ1) is 14.0. The van der Waals surface area contributed by atoms with Crippen LogP contribution in [0, 0.1) is 19.7 Å². The van der Waals surface area contributed by atoms with E-state index in [4.69, 9.17) is 0 Å². The van der Waals surface area contributed by atoms with Gasteiger partial charge in [0.25, 0.3) is 5.91 Å². The second-order valence-electron chi connectivity index (χ2n) is 7.12. The molecule has 4 aromatic rings. The molecule has 0 spiro atoms. The Morgan fingerprint density at radius 3 is 2.66 bits per heavy atom. The van der Waals surface area contributed by atoms with Crippen LogP contribution in [0.5, 0.6) is 0 Å². The number of fused-ring (bicyclic) bond motifs is 1. The third-order valence-corrected chi connectivity index (χ3v) is 6.20. The lowest BCUT2D eigenvalue weighted by Crippen LogP contribution is -2.13. The number of benzene rings is 2. The van der Waals surface area contributed by atoms with E-state index in [2.05, 4.69) is 17.3 Å². The molecule has 6 heteroatoms. The molecule has 0 fully saturated rings. The summed E-state index contributed by atoms with van der Waals surface area (Å²) in [7, 11) is 0. The fourth-order valence-corrected chi connectivity index (χ4v) is 4.53. The smallest absolute Gasteiger partial charge is 0.265 e. The molecular formula is C23H22FN3OS. The third kappa shape index (κ3) is 3.80. The molecule has 0 aliphatic rings. The highest BCUT2D eigenvalue weighted by atomic mass is 32.1. The Labute approximate surface area is 173 Å². The number of anilines is 1. The summed E-state index contributed by atoms with van der Waals surface area (Å²) in [5, 5.41) is 8.66. The van der Waals surface area contributed by atoms with Crippen molar-refractivity contribution < 1.29 is 9.18 Å². The van der Waals surface area contributed by atoms with Gasteiger partial charge in [0.1, 0.15) is 10.6 Å². The fraction of sp³-hybridized carbons (Fsp3) is 0.217. The lowest BCUT2D eigenvalue weighted by Gasteiger charge is -2.12. The van der Waals surface area contributed by atoms with Crippen molar-refractivity contribution in [2.45, 2.75) is 33.7 Å². The summed E-state index contributed by atoms with van der Waals surface area (Å²) >= 11 is 1.43. The van der Waals surface area contributed by atoms with Gasteiger partial charge in [-0.15, -0.1) is 11.3 Å². The zero-order valence-corrected chi connectivity index (χ0v) is 17.4. The number of carbonyl (C=O) groups excluding carboxylic acids is 1. The number of halogens is 1. The predicted octanol–water partition coefficient (Wildman–Crippen LogP) is 5.72. The van der Waals surface area contributed by atoms with Gasteiger partial charge < -0.3 is 5.32 Å². The van der Waals surface area contributed by atoms with E-state index in [0.29, 0.717) is 11.4 Å². The zero-order valence-electron chi connectivity index (χ0n) is 16.6. The molecule has 4 nitrogen and oxygen atoms in total. The Morgan fingerprint density at radius 1 is 1.17 bits per heavy atom. The van der Waals surface area contributed by atoms with Crippen molar-refractivity contribution in [3.05, 3.63) is 81.6 Å². The quantitative estimate of drug-likeness (QED) is 0.460. The molecule has 1 N–H and O–H groups in total. The molecule has 0 aliphatic heterocycles. The Morgan fingerprint density at radius 2 is 1.93 bits per heavy atom. The number of thiophene rings is 1. The minimum atomic E-state index is -0.256. The number of para-hydroxylation sites is 1. The van der Waals surface area contributed by atoms with E-state index in [0.717, 1.165) is 44.7 Å². The van der Waals surface area contributed by atoms with Gasteiger partial charge >= 0.3 is 0 Å². The first-order valence-corrected chi connectivity index (χ1v) is 10.4. The van der Waals surface area contributed by atoms with Crippen LogP contribution in [0.25, 0.3) is 10.2 Å². The van der Waals surface area contributed by atoms with Crippen LogP contribution in [0.2, 0.25) is 0 Å². The standard InChI is InChI=1S/C23H22FN3OS/c1-4-17-7-5-6-14(2)21(17)25-22(28)20-12-19-15(3)26-27(23(19)29-20)13-16-8-10-18(24)11-9-16/h5-12H,4,13H2,1-3H3,(H,25,28). The van der Waals surface area contributed by atoms with Crippen LogP contribution in [0.4, 0.5) is 10.1 Å². The number of aryl methyl sites for hydroxylation is 3. The number of amides is 1. The lowest BCUT2D eigenvalue weighted by molar-refractivity contribution is 0.103. The maximum atomic E-state index is 13.2. The van der Waals surface area contributed by atoms with E-state index >= 15 is 0 Å². The third-order valence-electron chi connectivity index (χ3n) is 5.06. The first kappa shape index (κ1) is 19.3. The summed E-state index contributed by atoms with van der Waals surface area (Å²) in [5.41, 5.74) is 4.91. The van der Waals surface area contributed by atoms with Crippen molar-refractivity contribution in [3.63, 3.8) is 0 Å². The number of carbonyl (C=O) groups is 1. The van der Waals surface area contributed by atoms with Gasteiger partial charge in [-0.2, -0.15) is 5.10 Å². The van der Waals surface area contributed by atoms with Gasteiger partial charge in [0, 0.05) is 11.1 Å². The Kier molecular flexibility index (Phi) is 5.20. The molecule has 1 amide bonds. The molecule has 0 saturated heterocycles. The van der Waals surface area contributed by atoms with E-state index in [1.54, 1.807) is 12.1 Å². The average molecular weight is 408 g/mol. The summed E-state index contributed by atoms with van der Waals surface area (Å²) in [6.07, 6.45) is 0.857. The van der Waals surface area contributed by atoms with Crippen molar-refractivity contribution >= 4 is 33.1 Å². The number of nitrogens with one attached hydrogen (secondary N) is 1. The van der Waals surface area contributed by atoms with Crippen LogP contribution in [0.1, 0.15) is 39.0 Å². The highest BCUT2D eigenvalue weighted by Gasteiger charge is 2.18. The molecule has 148 valence electrons. The Balaban J connectivity index is 1.64. The molecule has 0 saturated carbocycles. The first-order valence-electron chi connectivity index (χ1n) is 9.57. The van der Waals surface area contributed by atoms with Gasteiger partial charge in [-0.25, -0.2) is 4.39 Å². The normalized spacial score (nSPS) is 11.2.